The van der Waals surface area contributed by atoms with Crippen LogP contribution in [0.25, 0.3) is 0 Å². The fraction of sp³-hybridized carbons (Fsp3) is 0.118. The van der Waals surface area contributed by atoms with Crippen molar-refractivity contribution in [2.24, 2.45) is 0 Å². The predicted molar refractivity (Wildman–Crippen MR) is 92.7 cm³/mol. The summed E-state index contributed by atoms with van der Waals surface area (Å²) in [6, 6.07) is 10.5. The van der Waals surface area contributed by atoms with Crippen molar-refractivity contribution in [2.75, 3.05) is 6.54 Å². The molecule has 0 spiro atoms. The van der Waals surface area contributed by atoms with Crippen molar-refractivity contribution in [3.63, 3.8) is 0 Å². The largest absolute Gasteiger partial charge is 0.302 e. The molecule has 1 heterocycles. The van der Waals surface area contributed by atoms with Crippen LogP contribution in [0, 0.1) is 17.1 Å². The summed E-state index contributed by atoms with van der Waals surface area (Å²) < 4.78 is 15.0. The number of hydroxylamine groups is 2. The minimum absolute atomic E-state index is 0.0335. The molecule has 1 N–H and O–H groups in total. The van der Waals surface area contributed by atoms with Crippen LogP contribution >= 0.6 is 27.5 Å². The topological polar surface area (TPSA) is 84.6 Å². The maximum Gasteiger partial charge on any atom is 0.267 e. The zero-order valence-corrected chi connectivity index (χ0v) is 15.3. The highest BCUT2D eigenvalue weighted by Gasteiger charge is 2.42. The minimum Gasteiger partial charge on any atom is -0.302 e. The first-order valence-electron chi connectivity index (χ1n) is 7.30. The van der Waals surface area contributed by atoms with Gasteiger partial charge in [0, 0.05) is 4.47 Å². The molecule has 0 aromatic heterocycles. The van der Waals surface area contributed by atoms with Crippen LogP contribution in [0.5, 0.6) is 0 Å². The third-order valence-corrected chi connectivity index (χ3v) is 4.67. The van der Waals surface area contributed by atoms with Gasteiger partial charge in [-0.1, -0.05) is 39.7 Å². The van der Waals surface area contributed by atoms with Gasteiger partial charge >= 0.3 is 0 Å². The highest BCUT2D eigenvalue weighted by molar-refractivity contribution is 9.10. The van der Waals surface area contributed by atoms with Crippen molar-refractivity contribution in [1.82, 2.24) is 9.96 Å². The van der Waals surface area contributed by atoms with Gasteiger partial charge in [-0.2, -0.15) is 10.3 Å². The Morgan fingerprint density at radius 2 is 2.12 bits per heavy atom. The number of carbonyl (C=O) groups excluding carboxylic acids is 2. The van der Waals surface area contributed by atoms with Gasteiger partial charge in [-0.3, -0.25) is 14.8 Å². The van der Waals surface area contributed by atoms with E-state index in [-0.39, 0.29) is 10.6 Å². The molecular formula is C17H10BrClFN3O3. The van der Waals surface area contributed by atoms with Crippen molar-refractivity contribution in [3.05, 3.63) is 68.4 Å². The molecule has 0 saturated carbocycles. The van der Waals surface area contributed by atoms with Gasteiger partial charge < -0.3 is 4.90 Å². The van der Waals surface area contributed by atoms with Gasteiger partial charge in [0.2, 0.25) is 0 Å². The van der Waals surface area contributed by atoms with Gasteiger partial charge in [0.05, 0.1) is 22.2 Å². The van der Waals surface area contributed by atoms with Crippen molar-refractivity contribution in [3.8, 4) is 6.07 Å². The molecule has 1 atom stereocenters. The summed E-state index contributed by atoms with van der Waals surface area (Å²) in [5.41, 5.74) is -0.0473. The van der Waals surface area contributed by atoms with Gasteiger partial charge in [0.1, 0.15) is 12.4 Å². The average molecular weight is 439 g/mol. The molecule has 1 unspecified atom stereocenters. The van der Waals surface area contributed by atoms with Crippen molar-refractivity contribution in [1.29, 1.82) is 5.26 Å². The van der Waals surface area contributed by atoms with Crippen LogP contribution < -0.4 is 0 Å². The van der Waals surface area contributed by atoms with Crippen molar-refractivity contribution in [2.45, 2.75) is 6.17 Å². The van der Waals surface area contributed by atoms with E-state index < -0.39 is 35.9 Å². The van der Waals surface area contributed by atoms with E-state index in [0.717, 1.165) is 11.0 Å². The maximum absolute atomic E-state index is 14.3. The lowest BCUT2D eigenvalue weighted by Crippen LogP contribution is -2.35. The summed E-state index contributed by atoms with van der Waals surface area (Å²) in [6.45, 7) is -0.442. The molecule has 26 heavy (non-hydrogen) atoms. The van der Waals surface area contributed by atoms with Crippen LogP contribution in [0.2, 0.25) is 5.02 Å². The molecule has 132 valence electrons. The molecule has 1 aliphatic heterocycles. The monoisotopic (exact) mass is 437 g/mol. The molecule has 3 rings (SSSR count). The second kappa shape index (κ2) is 7.03. The van der Waals surface area contributed by atoms with E-state index in [0.29, 0.717) is 15.1 Å². The second-order valence-electron chi connectivity index (χ2n) is 5.53. The Morgan fingerprint density at radius 3 is 2.73 bits per heavy atom. The first kappa shape index (κ1) is 18.3. The first-order valence-corrected chi connectivity index (χ1v) is 8.47. The fourth-order valence-corrected chi connectivity index (χ4v) is 3.44. The lowest BCUT2D eigenvalue weighted by Gasteiger charge is -2.27. The molecule has 2 amide bonds. The minimum atomic E-state index is -1.13. The molecule has 0 aliphatic carbocycles. The standard InChI is InChI=1S/C17H10BrClFN3O3/c18-11-3-1-2-10(6-11)16-22(8-14(24)23(16)26)17(25)15-12(19)4-9(7-21)5-13(15)20/h1-6,16,26H,8H2. The van der Waals surface area contributed by atoms with Gasteiger partial charge in [-0.05, 0) is 29.8 Å². The summed E-state index contributed by atoms with van der Waals surface area (Å²) in [5.74, 6) is -2.56. The SMILES string of the molecule is N#Cc1cc(F)c(C(=O)N2CC(=O)N(O)C2c2cccc(Br)c2)c(Cl)c1. The number of rotatable bonds is 2. The summed E-state index contributed by atoms with van der Waals surface area (Å²) >= 11 is 9.26. The molecule has 6 nitrogen and oxygen atoms in total. The lowest BCUT2D eigenvalue weighted by molar-refractivity contribution is -0.168. The number of amides is 2. The zero-order valence-electron chi connectivity index (χ0n) is 13.0. The van der Waals surface area contributed by atoms with Crippen molar-refractivity contribution >= 4 is 39.3 Å². The zero-order chi connectivity index (χ0) is 19.0. The van der Waals surface area contributed by atoms with E-state index in [9.17, 15) is 19.2 Å². The highest BCUT2D eigenvalue weighted by atomic mass is 79.9. The molecule has 9 heteroatoms. The Kier molecular flexibility index (Phi) is 4.96. The molecule has 2 aromatic rings. The molecule has 1 aliphatic rings. The summed E-state index contributed by atoms with van der Waals surface area (Å²) in [6.07, 6.45) is -1.13. The number of carbonyl (C=O) groups is 2. The molecule has 0 bridgehead atoms. The Balaban J connectivity index is 2.06. The number of nitrogens with zero attached hydrogens (tertiary/aromatic N) is 3. The highest BCUT2D eigenvalue weighted by Crippen LogP contribution is 2.34. The maximum atomic E-state index is 14.3. The van der Waals surface area contributed by atoms with E-state index in [2.05, 4.69) is 15.9 Å². The van der Waals surface area contributed by atoms with E-state index in [1.165, 1.54) is 6.07 Å². The quantitative estimate of drug-likeness (QED) is 0.728. The van der Waals surface area contributed by atoms with Gasteiger partial charge in [-0.15, -0.1) is 0 Å². The number of hydrogen-bond donors (Lipinski definition) is 1. The number of nitriles is 1. The Hall–Kier alpha value is -2.47. The van der Waals surface area contributed by atoms with E-state index in [4.69, 9.17) is 16.9 Å². The smallest absolute Gasteiger partial charge is 0.267 e. The fourth-order valence-electron chi connectivity index (χ4n) is 2.73. The number of benzene rings is 2. The normalized spacial score (nSPS) is 16.7. The van der Waals surface area contributed by atoms with E-state index in [1.54, 1.807) is 30.3 Å². The molecule has 1 fully saturated rings. The third kappa shape index (κ3) is 3.17. The molecular weight excluding hydrogens is 429 g/mol. The third-order valence-electron chi connectivity index (χ3n) is 3.88. The Bertz CT molecular complexity index is 940. The molecule has 0 radical (unpaired) electrons. The summed E-state index contributed by atoms with van der Waals surface area (Å²) in [4.78, 5) is 25.8. The van der Waals surface area contributed by atoms with Crippen LogP contribution in [-0.4, -0.2) is 33.5 Å². The second-order valence-corrected chi connectivity index (χ2v) is 6.85. The van der Waals surface area contributed by atoms with Gasteiger partial charge in [0.15, 0.2) is 6.17 Å². The Labute approximate surface area is 161 Å². The molecule has 2 aromatic carbocycles. The number of halogens is 3. The van der Waals surface area contributed by atoms with Crippen LogP contribution in [0.15, 0.2) is 40.9 Å². The van der Waals surface area contributed by atoms with E-state index in [1.807, 2.05) is 0 Å². The van der Waals surface area contributed by atoms with Crippen LogP contribution in [0.1, 0.15) is 27.7 Å². The predicted octanol–water partition coefficient (Wildman–Crippen LogP) is 3.49. The van der Waals surface area contributed by atoms with Crippen molar-refractivity contribution < 1.29 is 19.2 Å². The van der Waals surface area contributed by atoms with Crippen LogP contribution in [0.3, 0.4) is 0 Å². The van der Waals surface area contributed by atoms with E-state index >= 15 is 0 Å². The summed E-state index contributed by atoms with van der Waals surface area (Å²) in [7, 11) is 0. The van der Waals surface area contributed by atoms with Gasteiger partial charge in [-0.25, -0.2) is 4.39 Å². The average Bonchev–Trinajstić information content (AvgIpc) is 2.89. The Morgan fingerprint density at radius 1 is 1.38 bits per heavy atom. The lowest BCUT2D eigenvalue weighted by atomic mass is 10.1. The van der Waals surface area contributed by atoms with Gasteiger partial charge in [0.25, 0.3) is 11.8 Å². The van der Waals surface area contributed by atoms with Crippen LogP contribution in [0.4, 0.5) is 4.39 Å². The number of hydrogen-bond acceptors (Lipinski definition) is 4. The molecule has 1 saturated heterocycles. The summed E-state index contributed by atoms with van der Waals surface area (Å²) in [5, 5.41) is 19.1. The first-order chi connectivity index (χ1) is 12.3. The van der Waals surface area contributed by atoms with Crippen LogP contribution in [-0.2, 0) is 4.79 Å².